The minimum atomic E-state index is -1.44. The van der Waals surface area contributed by atoms with Crippen LogP contribution in [0.25, 0.3) is 10.8 Å². The van der Waals surface area contributed by atoms with Crippen molar-refractivity contribution >= 4 is 40.0 Å². The van der Waals surface area contributed by atoms with E-state index in [4.69, 9.17) is 0 Å². The van der Waals surface area contributed by atoms with Crippen LogP contribution in [-0.4, -0.2) is 43.8 Å². The van der Waals surface area contributed by atoms with Crippen LogP contribution in [0, 0.1) is 0 Å². The second-order valence-corrected chi connectivity index (χ2v) is 9.37. The normalized spacial score (nSPS) is 12.3. The van der Waals surface area contributed by atoms with Gasteiger partial charge in [-0.2, -0.15) is 0 Å². The second kappa shape index (κ2) is 12.7. The number of pyridine rings is 2. The molecule has 0 aliphatic rings. The smallest absolute Gasteiger partial charge is 0.305 e. The number of Topliss-reactive ketones (excluding diaryl/α,β-unsaturated/α-hetero) is 1. The summed E-state index contributed by atoms with van der Waals surface area (Å²) < 4.78 is 2.22. The molecule has 0 saturated heterocycles. The van der Waals surface area contributed by atoms with E-state index in [1.165, 1.54) is 36.7 Å². The van der Waals surface area contributed by atoms with E-state index in [9.17, 15) is 33.9 Å². The van der Waals surface area contributed by atoms with Crippen LogP contribution >= 0.6 is 0 Å². The van der Waals surface area contributed by atoms with Crippen molar-refractivity contribution in [3.63, 3.8) is 0 Å². The van der Waals surface area contributed by atoms with Gasteiger partial charge in [0, 0.05) is 24.0 Å². The highest BCUT2D eigenvalue weighted by molar-refractivity contribution is 6.06. The molecule has 0 bridgehead atoms. The van der Waals surface area contributed by atoms with E-state index in [0.717, 1.165) is 19.9 Å². The van der Waals surface area contributed by atoms with Crippen LogP contribution in [0.3, 0.4) is 0 Å². The lowest BCUT2D eigenvalue weighted by Gasteiger charge is -2.22. The van der Waals surface area contributed by atoms with Gasteiger partial charge in [-0.05, 0) is 47.5 Å². The zero-order valence-corrected chi connectivity index (χ0v) is 22.2. The summed E-state index contributed by atoms with van der Waals surface area (Å²) in [6.07, 6.45) is 2.17. The lowest BCUT2D eigenvalue weighted by molar-refractivity contribution is -0.140. The van der Waals surface area contributed by atoms with Crippen LogP contribution < -0.4 is 21.8 Å². The van der Waals surface area contributed by atoms with Crippen LogP contribution in [0.2, 0.25) is 0 Å². The van der Waals surface area contributed by atoms with Crippen LogP contribution in [0.5, 0.6) is 0 Å². The number of amides is 2. The Bertz CT molecular complexity index is 1740. The number of anilines is 1. The Labute approximate surface area is 234 Å². The first-order valence-electron chi connectivity index (χ1n) is 12.9. The summed E-state index contributed by atoms with van der Waals surface area (Å²) in [5.74, 6) is -3.28. The molecule has 2 amide bonds. The quantitative estimate of drug-likeness (QED) is 0.256. The second-order valence-electron chi connectivity index (χ2n) is 9.37. The Morgan fingerprint density at radius 2 is 1.61 bits per heavy atom. The first-order valence-corrected chi connectivity index (χ1v) is 12.9. The fraction of sp³-hybridized carbons (Fsp3) is 0.200. The van der Waals surface area contributed by atoms with Crippen molar-refractivity contribution in [2.75, 3.05) is 5.32 Å². The molecule has 0 aliphatic carbocycles. The Morgan fingerprint density at radius 1 is 0.878 bits per heavy atom. The first-order chi connectivity index (χ1) is 19.7. The Morgan fingerprint density at radius 3 is 2.32 bits per heavy atom. The van der Waals surface area contributed by atoms with Gasteiger partial charge in [-0.15, -0.1) is 0 Å². The van der Waals surface area contributed by atoms with Gasteiger partial charge < -0.3 is 24.9 Å². The highest BCUT2D eigenvalue weighted by atomic mass is 16.4. The minimum absolute atomic E-state index is 0.0569. The lowest BCUT2D eigenvalue weighted by atomic mass is 10.1. The third kappa shape index (κ3) is 6.82. The van der Waals surface area contributed by atoms with E-state index in [0.29, 0.717) is 5.56 Å². The van der Waals surface area contributed by atoms with Crippen molar-refractivity contribution in [2.45, 2.75) is 38.4 Å². The standard InChI is InChI=1S/C30H28N4O7/c1-2-24(29(40)32-23(17-27(37)38)25(35)18-33-14-6-5-11-26(33)36)34-15-7-10-22(30(34)41)31-28(39)21-13-12-19-8-3-4-9-20(19)16-21/h3-16,23-24H,2,17-18H2,1H3,(H,31,39)(H,32,40)(H,37,38). The van der Waals surface area contributed by atoms with E-state index in [2.05, 4.69) is 10.6 Å². The number of carboxylic acid groups (broad SMARTS) is 1. The third-order valence-electron chi connectivity index (χ3n) is 6.57. The molecule has 2 heterocycles. The van der Waals surface area contributed by atoms with Crippen molar-refractivity contribution in [1.29, 1.82) is 0 Å². The fourth-order valence-corrected chi connectivity index (χ4v) is 4.44. The maximum atomic E-state index is 13.3. The van der Waals surface area contributed by atoms with E-state index < -0.39 is 59.7 Å². The predicted molar refractivity (Wildman–Crippen MR) is 152 cm³/mol. The summed E-state index contributed by atoms with van der Waals surface area (Å²) in [5.41, 5.74) is -0.822. The van der Waals surface area contributed by atoms with Gasteiger partial charge in [0.25, 0.3) is 17.0 Å². The van der Waals surface area contributed by atoms with Gasteiger partial charge in [-0.25, -0.2) is 0 Å². The Kier molecular flexibility index (Phi) is 8.88. The number of carbonyl (C=O) groups is 4. The highest BCUT2D eigenvalue weighted by Crippen LogP contribution is 2.17. The molecule has 0 aliphatic heterocycles. The Balaban J connectivity index is 1.53. The molecule has 4 rings (SSSR count). The largest absolute Gasteiger partial charge is 0.481 e. The molecular formula is C30H28N4O7. The molecule has 0 fully saturated rings. The zero-order chi connectivity index (χ0) is 29.5. The molecule has 0 radical (unpaired) electrons. The predicted octanol–water partition coefficient (Wildman–Crippen LogP) is 2.60. The number of nitrogens with zero attached hydrogens (tertiary/aromatic N) is 2. The Hall–Kier alpha value is -5.32. The number of benzene rings is 2. The van der Waals surface area contributed by atoms with Crippen LogP contribution in [0.15, 0.2) is 94.8 Å². The van der Waals surface area contributed by atoms with E-state index in [1.807, 2.05) is 24.3 Å². The number of fused-ring (bicyclic) bond motifs is 1. The summed E-state index contributed by atoms with van der Waals surface area (Å²) in [7, 11) is 0. The van der Waals surface area contributed by atoms with Crippen molar-refractivity contribution in [1.82, 2.24) is 14.5 Å². The van der Waals surface area contributed by atoms with Crippen molar-refractivity contribution in [3.8, 4) is 0 Å². The monoisotopic (exact) mass is 556 g/mol. The molecule has 2 aromatic carbocycles. The van der Waals surface area contributed by atoms with Gasteiger partial charge in [0.1, 0.15) is 11.7 Å². The molecule has 2 aromatic heterocycles. The van der Waals surface area contributed by atoms with Crippen molar-refractivity contribution in [3.05, 3.63) is 111 Å². The maximum Gasteiger partial charge on any atom is 0.305 e. The van der Waals surface area contributed by atoms with Crippen molar-refractivity contribution in [2.24, 2.45) is 0 Å². The number of hydrogen-bond donors (Lipinski definition) is 3. The number of nitrogens with one attached hydrogen (secondary N) is 2. The summed E-state index contributed by atoms with van der Waals surface area (Å²) >= 11 is 0. The summed E-state index contributed by atoms with van der Waals surface area (Å²) in [4.78, 5) is 75.8. The minimum Gasteiger partial charge on any atom is -0.481 e. The molecular weight excluding hydrogens is 528 g/mol. The number of aliphatic carboxylic acids is 1. The molecule has 11 nitrogen and oxygen atoms in total. The highest BCUT2D eigenvalue weighted by Gasteiger charge is 2.28. The molecule has 11 heteroatoms. The van der Waals surface area contributed by atoms with Gasteiger partial charge in [-0.3, -0.25) is 28.8 Å². The molecule has 41 heavy (non-hydrogen) atoms. The average Bonchev–Trinajstić information content (AvgIpc) is 2.95. The lowest BCUT2D eigenvalue weighted by Crippen LogP contribution is -2.48. The number of carboxylic acids is 1. The molecule has 3 N–H and O–H groups in total. The molecule has 0 saturated carbocycles. The van der Waals surface area contributed by atoms with Crippen molar-refractivity contribution < 1.29 is 24.3 Å². The number of rotatable bonds is 11. The van der Waals surface area contributed by atoms with Gasteiger partial charge >= 0.3 is 5.97 Å². The summed E-state index contributed by atoms with van der Waals surface area (Å²) in [5, 5.41) is 16.2. The van der Waals surface area contributed by atoms with E-state index >= 15 is 0 Å². The van der Waals surface area contributed by atoms with Crippen LogP contribution in [-0.2, 0) is 20.9 Å². The van der Waals surface area contributed by atoms with Gasteiger partial charge in [0.05, 0.1) is 19.0 Å². The number of aromatic nitrogens is 2. The molecule has 0 spiro atoms. The topological polar surface area (TPSA) is 157 Å². The molecule has 2 atom stereocenters. The SMILES string of the molecule is CCC(C(=O)NC(CC(=O)O)C(=O)Cn1ccccc1=O)n1cccc(NC(=O)c2ccc3ccccc3c2)c1=O. The van der Waals surface area contributed by atoms with E-state index in [1.54, 1.807) is 31.2 Å². The first kappa shape index (κ1) is 28.7. The zero-order valence-electron chi connectivity index (χ0n) is 22.2. The van der Waals surface area contributed by atoms with Gasteiger partial charge in [0.2, 0.25) is 5.91 Å². The number of ketones is 1. The number of carbonyl (C=O) groups excluding carboxylic acids is 3. The maximum absolute atomic E-state index is 13.3. The third-order valence-corrected chi connectivity index (χ3v) is 6.57. The van der Waals surface area contributed by atoms with Crippen LogP contribution in [0.1, 0.15) is 36.2 Å². The van der Waals surface area contributed by atoms with Crippen LogP contribution in [0.4, 0.5) is 5.69 Å². The summed E-state index contributed by atoms with van der Waals surface area (Å²) in [6, 6.07) is 17.3. The van der Waals surface area contributed by atoms with Gasteiger partial charge in [0.15, 0.2) is 5.78 Å². The van der Waals surface area contributed by atoms with E-state index in [-0.39, 0.29) is 12.1 Å². The van der Waals surface area contributed by atoms with Gasteiger partial charge in [-0.1, -0.05) is 43.3 Å². The molecule has 4 aromatic rings. The molecule has 2 unspecified atom stereocenters. The average molecular weight is 557 g/mol. The molecule has 210 valence electrons. The summed E-state index contributed by atoms with van der Waals surface area (Å²) in [6.45, 7) is 1.21. The number of hydrogen-bond acceptors (Lipinski definition) is 6. The fourth-order valence-electron chi connectivity index (χ4n) is 4.44.